The average Bonchev–Trinajstić information content (AvgIpc) is 3.14. The van der Waals surface area contributed by atoms with Crippen molar-refractivity contribution in [3.8, 4) is 0 Å². The molecule has 0 saturated heterocycles. The monoisotopic (exact) mass is 276 g/mol. The lowest BCUT2D eigenvalue weighted by Crippen LogP contribution is -2.38. The topological polar surface area (TPSA) is 55.6 Å². The van der Waals surface area contributed by atoms with Gasteiger partial charge in [-0.3, -0.25) is 4.79 Å². The molecule has 2 aliphatic carbocycles. The largest absolute Gasteiger partial charge is 0.368 e. The van der Waals surface area contributed by atoms with Crippen LogP contribution < -0.4 is 5.73 Å². The molecule has 5 heteroatoms. The number of carbonyl (C=O) groups is 1. The van der Waals surface area contributed by atoms with Gasteiger partial charge in [0.2, 0.25) is 5.91 Å². The molecule has 0 unspecified atom stereocenters. The lowest BCUT2D eigenvalue weighted by molar-refractivity contribution is -0.139. The maximum Gasteiger partial charge on any atom is 0.248 e. The molecule has 2 aliphatic rings. The van der Waals surface area contributed by atoms with Gasteiger partial charge in [-0.2, -0.15) is 0 Å². The number of rotatable bonds is 5. The van der Waals surface area contributed by atoms with Crippen LogP contribution in [-0.4, -0.2) is 42.1 Å². The van der Waals surface area contributed by atoms with E-state index in [1.807, 2.05) is 11.8 Å². The van der Waals surface area contributed by atoms with E-state index >= 15 is 0 Å². The molecule has 1 amide bonds. The number of hydrogen-bond acceptors (Lipinski definition) is 3. The zero-order valence-corrected chi connectivity index (χ0v) is 12.0. The van der Waals surface area contributed by atoms with E-state index < -0.39 is 0 Å². The molecule has 0 aliphatic heterocycles. The second kappa shape index (κ2) is 7.31. The molecule has 2 fully saturated rings. The quantitative estimate of drug-likeness (QED) is 0.832. The lowest BCUT2D eigenvalue weighted by Gasteiger charge is -2.27. The predicted molar refractivity (Wildman–Crippen MR) is 73.8 cm³/mol. The number of ether oxygens (including phenoxy) is 1. The van der Waals surface area contributed by atoms with Crippen LogP contribution >= 0.6 is 12.4 Å². The molecule has 0 atom stereocenters. The maximum atomic E-state index is 11.9. The van der Waals surface area contributed by atoms with Gasteiger partial charge in [-0.05, 0) is 45.4 Å². The Kier molecular flexibility index (Phi) is 6.39. The highest BCUT2D eigenvalue weighted by Crippen LogP contribution is 2.27. The Bertz CT molecular complexity index is 264. The van der Waals surface area contributed by atoms with Gasteiger partial charge in [0.05, 0.1) is 6.10 Å². The number of nitrogens with zero attached hydrogens (tertiary/aromatic N) is 1. The molecule has 0 radical (unpaired) electrons. The lowest BCUT2D eigenvalue weighted by atomic mass is 9.94. The van der Waals surface area contributed by atoms with Gasteiger partial charge in [0, 0.05) is 18.6 Å². The summed E-state index contributed by atoms with van der Waals surface area (Å²) in [5.41, 5.74) is 5.84. The van der Waals surface area contributed by atoms with Crippen LogP contribution in [0.25, 0.3) is 0 Å². The maximum absolute atomic E-state index is 11.9. The summed E-state index contributed by atoms with van der Waals surface area (Å²) in [5.74, 6) is 0.157. The van der Waals surface area contributed by atoms with Crippen molar-refractivity contribution in [3.63, 3.8) is 0 Å². The van der Waals surface area contributed by atoms with Crippen molar-refractivity contribution in [2.24, 2.45) is 5.73 Å². The molecule has 106 valence electrons. The summed E-state index contributed by atoms with van der Waals surface area (Å²) >= 11 is 0. The predicted octanol–water partition coefficient (Wildman–Crippen LogP) is 1.71. The number of carbonyl (C=O) groups excluding carboxylic acids is 1. The zero-order chi connectivity index (χ0) is 12.3. The van der Waals surface area contributed by atoms with Gasteiger partial charge in [-0.15, -0.1) is 12.4 Å². The fraction of sp³-hybridized carbons (Fsp3) is 0.923. The SMILES string of the molecule is CCN(C(=O)COC1CCC(N)CC1)C1CC1.Cl. The molecule has 0 aromatic heterocycles. The highest BCUT2D eigenvalue weighted by molar-refractivity contribution is 5.85. The van der Waals surface area contributed by atoms with Gasteiger partial charge in [-0.25, -0.2) is 0 Å². The first-order valence-electron chi connectivity index (χ1n) is 6.87. The molecule has 0 aromatic carbocycles. The number of nitrogens with two attached hydrogens (primary N) is 1. The molecule has 2 rings (SSSR count). The van der Waals surface area contributed by atoms with Crippen molar-refractivity contribution in [1.29, 1.82) is 0 Å². The highest BCUT2D eigenvalue weighted by Gasteiger charge is 2.31. The van der Waals surface area contributed by atoms with Gasteiger partial charge in [0.1, 0.15) is 6.61 Å². The summed E-state index contributed by atoms with van der Waals surface area (Å²) < 4.78 is 5.71. The van der Waals surface area contributed by atoms with Gasteiger partial charge in [0.15, 0.2) is 0 Å². The van der Waals surface area contributed by atoms with Crippen molar-refractivity contribution in [2.75, 3.05) is 13.2 Å². The average molecular weight is 277 g/mol. The molecule has 2 N–H and O–H groups in total. The van der Waals surface area contributed by atoms with Crippen LogP contribution in [0.15, 0.2) is 0 Å². The van der Waals surface area contributed by atoms with Crippen LogP contribution in [0.3, 0.4) is 0 Å². The minimum atomic E-state index is 0. The summed E-state index contributed by atoms with van der Waals surface area (Å²) in [5, 5.41) is 0. The summed E-state index contributed by atoms with van der Waals surface area (Å²) in [7, 11) is 0. The van der Waals surface area contributed by atoms with E-state index in [2.05, 4.69) is 0 Å². The smallest absolute Gasteiger partial charge is 0.248 e. The molecular weight excluding hydrogens is 252 g/mol. The van der Waals surface area contributed by atoms with E-state index in [0.717, 1.165) is 45.1 Å². The Balaban J connectivity index is 0.00000162. The van der Waals surface area contributed by atoms with E-state index in [-0.39, 0.29) is 31.0 Å². The first-order chi connectivity index (χ1) is 8.20. The van der Waals surface area contributed by atoms with E-state index in [1.54, 1.807) is 0 Å². The van der Waals surface area contributed by atoms with Crippen molar-refractivity contribution >= 4 is 18.3 Å². The fourth-order valence-corrected chi connectivity index (χ4v) is 2.55. The third-order valence-electron chi connectivity index (χ3n) is 3.81. The Labute approximate surface area is 116 Å². The summed E-state index contributed by atoms with van der Waals surface area (Å²) in [6, 6.07) is 0.833. The van der Waals surface area contributed by atoms with Gasteiger partial charge in [0.25, 0.3) is 0 Å². The molecule has 4 nitrogen and oxygen atoms in total. The van der Waals surface area contributed by atoms with E-state index in [0.29, 0.717) is 12.1 Å². The molecule has 0 heterocycles. The molecule has 18 heavy (non-hydrogen) atoms. The van der Waals surface area contributed by atoms with Crippen LogP contribution in [-0.2, 0) is 9.53 Å². The van der Waals surface area contributed by atoms with Gasteiger partial charge in [-0.1, -0.05) is 0 Å². The first-order valence-corrected chi connectivity index (χ1v) is 6.87. The molecular formula is C13H25ClN2O2. The Morgan fingerprint density at radius 1 is 1.22 bits per heavy atom. The molecule has 0 bridgehead atoms. The number of hydrogen-bond donors (Lipinski definition) is 1. The van der Waals surface area contributed by atoms with Crippen LogP contribution in [0.4, 0.5) is 0 Å². The highest BCUT2D eigenvalue weighted by atomic mass is 35.5. The number of halogens is 1. The van der Waals surface area contributed by atoms with Crippen molar-refractivity contribution in [3.05, 3.63) is 0 Å². The van der Waals surface area contributed by atoms with Crippen molar-refractivity contribution < 1.29 is 9.53 Å². The van der Waals surface area contributed by atoms with Crippen molar-refractivity contribution in [1.82, 2.24) is 4.90 Å². The van der Waals surface area contributed by atoms with E-state index in [9.17, 15) is 4.79 Å². The van der Waals surface area contributed by atoms with E-state index in [1.165, 1.54) is 0 Å². The third-order valence-corrected chi connectivity index (χ3v) is 3.81. The van der Waals surface area contributed by atoms with E-state index in [4.69, 9.17) is 10.5 Å². The standard InChI is InChI=1S/C13H24N2O2.ClH/c1-2-15(11-5-6-11)13(16)9-17-12-7-3-10(14)4-8-12;/h10-12H,2-9,14H2,1H3;1H. The van der Waals surface area contributed by atoms with Crippen LogP contribution in [0.5, 0.6) is 0 Å². The van der Waals surface area contributed by atoms with Crippen molar-refractivity contribution in [2.45, 2.75) is 63.6 Å². The first kappa shape index (κ1) is 15.7. The molecule has 2 saturated carbocycles. The minimum absolute atomic E-state index is 0. The van der Waals surface area contributed by atoms with Crippen LogP contribution in [0.1, 0.15) is 45.4 Å². The number of likely N-dealkylation sites (N-methyl/N-ethyl adjacent to an activating group) is 1. The zero-order valence-electron chi connectivity index (χ0n) is 11.1. The van der Waals surface area contributed by atoms with Gasteiger partial charge < -0.3 is 15.4 Å². The normalized spacial score (nSPS) is 27.4. The fourth-order valence-electron chi connectivity index (χ4n) is 2.55. The third kappa shape index (κ3) is 4.41. The second-order valence-corrected chi connectivity index (χ2v) is 5.26. The minimum Gasteiger partial charge on any atom is -0.368 e. The summed E-state index contributed by atoms with van der Waals surface area (Å²) in [6.45, 7) is 3.10. The molecule has 0 aromatic rings. The van der Waals surface area contributed by atoms with Crippen LogP contribution in [0, 0.1) is 0 Å². The summed E-state index contributed by atoms with van der Waals surface area (Å²) in [6.07, 6.45) is 6.64. The Hall–Kier alpha value is -0.320. The number of amides is 1. The Morgan fingerprint density at radius 2 is 1.83 bits per heavy atom. The van der Waals surface area contributed by atoms with Gasteiger partial charge >= 0.3 is 0 Å². The van der Waals surface area contributed by atoms with Crippen LogP contribution in [0.2, 0.25) is 0 Å². The Morgan fingerprint density at radius 3 is 2.33 bits per heavy atom. The molecule has 0 spiro atoms. The summed E-state index contributed by atoms with van der Waals surface area (Å²) in [4.78, 5) is 13.9. The second-order valence-electron chi connectivity index (χ2n) is 5.26.